The zero-order valence-corrected chi connectivity index (χ0v) is 11.3. The first-order valence-corrected chi connectivity index (χ1v) is 6.15. The number of carbonyl (C=O) groups excluding carboxylic acids is 1. The Kier molecular flexibility index (Phi) is 4.81. The van der Waals surface area contributed by atoms with E-state index in [1.807, 2.05) is 6.07 Å². The minimum Gasteiger partial charge on any atom is -0.486 e. The van der Waals surface area contributed by atoms with Crippen molar-refractivity contribution >= 4 is 5.97 Å². The van der Waals surface area contributed by atoms with Gasteiger partial charge in [-0.1, -0.05) is 30.3 Å². The van der Waals surface area contributed by atoms with Gasteiger partial charge >= 0.3 is 5.97 Å². The lowest BCUT2D eigenvalue weighted by Gasteiger charge is -2.13. The normalized spacial score (nSPS) is 10.5. The van der Waals surface area contributed by atoms with Gasteiger partial charge in [-0.3, -0.25) is 4.98 Å². The second-order valence-electron chi connectivity index (χ2n) is 4.14. The van der Waals surface area contributed by atoms with Gasteiger partial charge in [-0.15, -0.1) is 0 Å². The third-order valence-corrected chi connectivity index (χ3v) is 2.77. The summed E-state index contributed by atoms with van der Waals surface area (Å²) < 4.78 is 36.0. The third kappa shape index (κ3) is 3.53. The number of halogens is 2. The molecule has 110 valence electrons. The fourth-order valence-corrected chi connectivity index (χ4v) is 1.77. The van der Waals surface area contributed by atoms with Crippen LogP contribution in [0.2, 0.25) is 0 Å². The summed E-state index contributed by atoms with van der Waals surface area (Å²) in [6.07, 6.45) is -1.72. The molecule has 4 nitrogen and oxygen atoms in total. The number of aromatic nitrogens is 1. The van der Waals surface area contributed by atoms with Crippen molar-refractivity contribution in [2.75, 3.05) is 7.11 Å². The molecule has 2 aromatic rings. The van der Waals surface area contributed by atoms with Crippen molar-refractivity contribution in [2.24, 2.45) is 0 Å². The van der Waals surface area contributed by atoms with Crippen LogP contribution < -0.4 is 4.74 Å². The summed E-state index contributed by atoms with van der Waals surface area (Å²) in [7, 11) is 1.17. The van der Waals surface area contributed by atoms with E-state index in [-0.39, 0.29) is 17.9 Å². The summed E-state index contributed by atoms with van der Waals surface area (Å²) in [4.78, 5) is 15.2. The lowest BCUT2D eigenvalue weighted by atomic mass is 10.2. The molecule has 0 radical (unpaired) electrons. The first kappa shape index (κ1) is 14.9. The summed E-state index contributed by atoms with van der Waals surface area (Å²) in [5.74, 6) is -0.995. The van der Waals surface area contributed by atoms with Crippen LogP contribution in [-0.2, 0) is 11.3 Å². The molecule has 0 aliphatic heterocycles. The Morgan fingerprint density at radius 2 is 1.95 bits per heavy atom. The molecular weight excluding hydrogens is 280 g/mol. The second-order valence-corrected chi connectivity index (χ2v) is 4.14. The van der Waals surface area contributed by atoms with Crippen molar-refractivity contribution in [1.82, 2.24) is 4.98 Å². The van der Waals surface area contributed by atoms with Crippen LogP contribution in [0.5, 0.6) is 5.75 Å². The maximum atomic E-state index is 13.0. The number of rotatable bonds is 5. The maximum absolute atomic E-state index is 13.0. The van der Waals surface area contributed by atoms with E-state index >= 15 is 0 Å². The number of alkyl halides is 2. The number of esters is 1. The van der Waals surface area contributed by atoms with Crippen molar-refractivity contribution in [1.29, 1.82) is 0 Å². The van der Waals surface area contributed by atoms with Crippen LogP contribution in [-0.4, -0.2) is 18.1 Å². The highest BCUT2D eigenvalue weighted by atomic mass is 19.3. The number of carbonyl (C=O) groups is 1. The Bertz CT molecular complexity index is 618. The van der Waals surface area contributed by atoms with Gasteiger partial charge in [-0.2, -0.15) is 0 Å². The molecule has 1 aromatic heterocycles. The smallest absolute Gasteiger partial charge is 0.341 e. The average molecular weight is 293 g/mol. The minimum absolute atomic E-state index is 0.0518. The number of benzene rings is 1. The standard InChI is InChI=1S/C15H13F2NO3/c1-20-15(19)11-7-8-18-12(14(16)17)13(11)21-9-10-5-3-2-4-6-10/h2-8,14H,9H2,1H3. The van der Waals surface area contributed by atoms with Crippen LogP contribution in [0.25, 0.3) is 0 Å². The van der Waals surface area contributed by atoms with Crippen LogP contribution >= 0.6 is 0 Å². The van der Waals surface area contributed by atoms with Gasteiger partial charge in [0.15, 0.2) is 5.75 Å². The third-order valence-electron chi connectivity index (χ3n) is 2.77. The van der Waals surface area contributed by atoms with E-state index in [9.17, 15) is 13.6 Å². The van der Waals surface area contributed by atoms with E-state index < -0.39 is 18.1 Å². The molecule has 1 aromatic carbocycles. The molecule has 0 N–H and O–H groups in total. The highest BCUT2D eigenvalue weighted by molar-refractivity contribution is 5.92. The summed E-state index contributed by atoms with van der Waals surface area (Å²) >= 11 is 0. The minimum atomic E-state index is -2.85. The van der Waals surface area contributed by atoms with E-state index in [0.29, 0.717) is 0 Å². The first-order chi connectivity index (χ1) is 10.1. The van der Waals surface area contributed by atoms with E-state index in [1.165, 1.54) is 13.2 Å². The van der Waals surface area contributed by atoms with Crippen LogP contribution in [0.3, 0.4) is 0 Å². The zero-order valence-electron chi connectivity index (χ0n) is 11.3. The summed E-state index contributed by atoms with van der Waals surface area (Å²) in [5, 5.41) is 0. The summed E-state index contributed by atoms with van der Waals surface area (Å²) in [6, 6.07) is 10.3. The largest absolute Gasteiger partial charge is 0.486 e. The molecule has 0 aliphatic rings. The van der Waals surface area contributed by atoms with Crippen molar-refractivity contribution in [2.45, 2.75) is 13.0 Å². The second kappa shape index (κ2) is 6.78. The molecule has 0 atom stereocenters. The molecule has 0 fully saturated rings. The molecule has 6 heteroatoms. The fraction of sp³-hybridized carbons (Fsp3) is 0.200. The number of methoxy groups -OCH3 is 1. The van der Waals surface area contributed by atoms with Gasteiger partial charge < -0.3 is 9.47 Å². The maximum Gasteiger partial charge on any atom is 0.341 e. The van der Waals surface area contributed by atoms with Gasteiger partial charge in [0.25, 0.3) is 6.43 Å². The Hall–Kier alpha value is -2.50. The monoisotopic (exact) mass is 293 g/mol. The molecule has 1 heterocycles. The van der Waals surface area contributed by atoms with Crippen LogP contribution in [0, 0.1) is 0 Å². The molecule has 0 unspecified atom stereocenters. The number of hydrogen-bond acceptors (Lipinski definition) is 4. The number of pyridine rings is 1. The van der Waals surface area contributed by atoms with Crippen molar-refractivity contribution in [3.63, 3.8) is 0 Å². The van der Waals surface area contributed by atoms with Gasteiger partial charge in [-0.05, 0) is 11.6 Å². The van der Waals surface area contributed by atoms with Crippen LogP contribution in [0.4, 0.5) is 8.78 Å². The van der Waals surface area contributed by atoms with Gasteiger partial charge in [0, 0.05) is 6.20 Å². The highest BCUT2D eigenvalue weighted by Crippen LogP contribution is 2.31. The number of ether oxygens (including phenoxy) is 2. The predicted molar refractivity (Wildman–Crippen MR) is 71.3 cm³/mol. The molecule has 0 aliphatic carbocycles. The molecule has 0 saturated heterocycles. The lowest BCUT2D eigenvalue weighted by molar-refractivity contribution is 0.0593. The number of hydrogen-bond donors (Lipinski definition) is 0. The van der Waals surface area contributed by atoms with E-state index in [1.54, 1.807) is 24.3 Å². The van der Waals surface area contributed by atoms with E-state index in [0.717, 1.165) is 11.8 Å². The molecule has 0 amide bonds. The van der Waals surface area contributed by atoms with Gasteiger partial charge in [0.05, 0.1) is 7.11 Å². The SMILES string of the molecule is COC(=O)c1ccnc(C(F)F)c1OCc1ccccc1. The zero-order chi connectivity index (χ0) is 15.2. The Labute approximate surface area is 120 Å². The van der Waals surface area contributed by atoms with Crippen LogP contribution in [0.15, 0.2) is 42.6 Å². The quantitative estimate of drug-likeness (QED) is 0.793. The predicted octanol–water partition coefficient (Wildman–Crippen LogP) is 3.38. The average Bonchev–Trinajstić information content (AvgIpc) is 2.52. The van der Waals surface area contributed by atoms with Crippen molar-refractivity contribution in [3.05, 3.63) is 59.4 Å². The molecular formula is C15H13F2NO3. The molecule has 0 spiro atoms. The van der Waals surface area contributed by atoms with E-state index in [2.05, 4.69) is 9.72 Å². The van der Waals surface area contributed by atoms with Crippen molar-refractivity contribution < 1.29 is 23.0 Å². The Morgan fingerprint density at radius 3 is 2.57 bits per heavy atom. The van der Waals surface area contributed by atoms with Gasteiger partial charge in [0.2, 0.25) is 0 Å². The summed E-state index contributed by atoms with van der Waals surface area (Å²) in [5.41, 5.74) is 0.143. The van der Waals surface area contributed by atoms with Gasteiger partial charge in [0.1, 0.15) is 17.9 Å². The number of nitrogens with zero attached hydrogens (tertiary/aromatic N) is 1. The fourth-order valence-electron chi connectivity index (χ4n) is 1.77. The Balaban J connectivity index is 2.32. The molecule has 2 rings (SSSR count). The molecule has 0 bridgehead atoms. The van der Waals surface area contributed by atoms with Crippen molar-refractivity contribution in [3.8, 4) is 5.75 Å². The van der Waals surface area contributed by atoms with E-state index in [4.69, 9.17) is 4.74 Å². The molecule has 21 heavy (non-hydrogen) atoms. The van der Waals surface area contributed by atoms with Crippen LogP contribution in [0.1, 0.15) is 28.0 Å². The Morgan fingerprint density at radius 1 is 1.24 bits per heavy atom. The first-order valence-electron chi connectivity index (χ1n) is 6.15. The summed E-state index contributed by atoms with van der Waals surface area (Å²) in [6.45, 7) is 0.0518. The van der Waals surface area contributed by atoms with Gasteiger partial charge in [-0.25, -0.2) is 13.6 Å². The lowest BCUT2D eigenvalue weighted by Crippen LogP contribution is -2.09. The topological polar surface area (TPSA) is 48.4 Å². The molecule has 0 saturated carbocycles. The highest BCUT2D eigenvalue weighted by Gasteiger charge is 2.23.